The Balaban J connectivity index is 1.52. The molecule has 0 aliphatic rings. The molecule has 3 rings (SSSR count). The van der Waals surface area contributed by atoms with E-state index in [-0.39, 0.29) is 12.3 Å². The number of imidazole rings is 1. The fourth-order valence-corrected chi connectivity index (χ4v) is 3.08. The van der Waals surface area contributed by atoms with Crippen LogP contribution in [0.25, 0.3) is 11.0 Å². The number of carbonyl (C=O) groups is 2. The highest BCUT2D eigenvalue weighted by Gasteiger charge is 2.15. The van der Waals surface area contributed by atoms with Crippen molar-refractivity contribution in [3.8, 4) is 5.75 Å². The summed E-state index contributed by atoms with van der Waals surface area (Å²) in [6.07, 6.45) is 1.48. The van der Waals surface area contributed by atoms with E-state index >= 15 is 0 Å². The molecular formula is C22H25N5O4. The molecule has 0 radical (unpaired) electrons. The molecule has 2 amide bonds. The zero-order valence-corrected chi connectivity index (χ0v) is 17.9. The highest BCUT2D eigenvalue weighted by molar-refractivity contribution is 5.90. The van der Waals surface area contributed by atoms with Crippen molar-refractivity contribution in [1.82, 2.24) is 19.9 Å². The molecule has 1 heterocycles. The number of amides is 2. The molecule has 162 valence electrons. The molecule has 0 bridgehead atoms. The van der Waals surface area contributed by atoms with Gasteiger partial charge in [-0.2, -0.15) is 5.10 Å². The number of hydrazone groups is 1. The molecule has 1 aromatic heterocycles. The van der Waals surface area contributed by atoms with Crippen LogP contribution in [0.1, 0.15) is 18.1 Å². The number of hydrogen-bond donors (Lipinski definition) is 2. The largest absolute Gasteiger partial charge is 0.484 e. The van der Waals surface area contributed by atoms with E-state index in [1.807, 2.05) is 31.2 Å². The Bertz CT molecular complexity index is 1210. The van der Waals surface area contributed by atoms with Crippen molar-refractivity contribution in [2.75, 3.05) is 6.61 Å². The van der Waals surface area contributed by atoms with E-state index in [2.05, 4.69) is 15.8 Å². The highest BCUT2D eigenvalue weighted by atomic mass is 16.5. The third-order valence-corrected chi connectivity index (χ3v) is 4.91. The Morgan fingerprint density at radius 2 is 1.84 bits per heavy atom. The average Bonchev–Trinajstić information content (AvgIpc) is 2.96. The lowest BCUT2D eigenvalue weighted by Crippen LogP contribution is -2.45. The molecule has 1 atom stereocenters. The van der Waals surface area contributed by atoms with Crippen molar-refractivity contribution in [3.05, 3.63) is 64.1 Å². The van der Waals surface area contributed by atoms with Crippen LogP contribution in [0.4, 0.5) is 0 Å². The minimum Gasteiger partial charge on any atom is -0.484 e. The molecule has 0 spiro atoms. The molecule has 2 aromatic carbocycles. The molecule has 9 heteroatoms. The fourth-order valence-electron chi connectivity index (χ4n) is 3.08. The number of hydrogen-bond acceptors (Lipinski definition) is 5. The van der Waals surface area contributed by atoms with Gasteiger partial charge in [0.05, 0.1) is 17.2 Å². The first kappa shape index (κ1) is 21.8. The van der Waals surface area contributed by atoms with Crippen molar-refractivity contribution in [2.24, 2.45) is 19.2 Å². The molecule has 31 heavy (non-hydrogen) atoms. The number of nitrogens with zero attached hydrogens (tertiary/aromatic N) is 3. The van der Waals surface area contributed by atoms with E-state index in [0.29, 0.717) is 5.75 Å². The Morgan fingerprint density at radius 3 is 2.58 bits per heavy atom. The average molecular weight is 423 g/mol. The topological polar surface area (TPSA) is 107 Å². The molecule has 0 aliphatic carbocycles. The zero-order chi connectivity index (χ0) is 22.5. The first-order valence-corrected chi connectivity index (χ1v) is 9.74. The van der Waals surface area contributed by atoms with Crippen LogP contribution in [0.3, 0.4) is 0 Å². The second-order valence-corrected chi connectivity index (χ2v) is 7.23. The molecule has 3 aromatic rings. The van der Waals surface area contributed by atoms with Crippen LogP contribution in [0.5, 0.6) is 5.75 Å². The minimum atomic E-state index is -0.789. The van der Waals surface area contributed by atoms with Gasteiger partial charge in [-0.25, -0.2) is 10.2 Å². The number of rotatable bonds is 7. The number of nitrogens with one attached hydrogen (secondary N) is 2. The van der Waals surface area contributed by atoms with Crippen LogP contribution >= 0.6 is 0 Å². The number of aromatic nitrogens is 2. The Morgan fingerprint density at radius 1 is 1.13 bits per heavy atom. The highest BCUT2D eigenvalue weighted by Crippen LogP contribution is 2.15. The summed E-state index contributed by atoms with van der Waals surface area (Å²) in [4.78, 5) is 36.2. The monoisotopic (exact) mass is 423 g/mol. The van der Waals surface area contributed by atoms with Gasteiger partial charge in [0.25, 0.3) is 11.8 Å². The summed E-state index contributed by atoms with van der Waals surface area (Å²) in [5, 5.41) is 6.51. The quantitative estimate of drug-likeness (QED) is 0.440. The van der Waals surface area contributed by atoms with Gasteiger partial charge in [0.15, 0.2) is 6.61 Å². The SMILES string of the molecule is Cc1ccccc1OCC(=O)N[C@H](C)C(=O)N/N=C/c1ccc2c(c1)n(C)c(=O)n2C. The van der Waals surface area contributed by atoms with E-state index in [1.165, 1.54) is 6.21 Å². The molecule has 0 fully saturated rings. The number of carbonyl (C=O) groups excluding carboxylic acids is 2. The maximum atomic E-state index is 12.2. The van der Waals surface area contributed by atoms with Crippen LogP contribution in [0.15, 0.2) is 52.4 Å². The maximum absolute atomic E-state index is 12.2. The molecule has 0 aliphatic heterocycles. The maximum Gasteiger partial charge on any atom is 0.328 e. The van der Waals surface area contributed by atoms with Gasteiger partial charge in [-0.05, 0) is 43.2 Å². The zero-order valence-electron chi connectivity index (χ0n) is 17.9. The number of fused-ring (bicyclic) bond motifs is 1. The number of para-hydroxylation sites is 1. The van der Waals surface area contributed by atoms with E-state index in [9.17, 15) is 14.4 Å². The normalized spacial score (nSPS) is 12.1. The molecule has 0 saturated heterocycles. The predicted octanol–water partition coefficient (Wildman–Crippen LogP) is 1.22. The summed E-state index contributed by atoms with van der Waals surface area (Å²) in [5.74, 6) is -0.258. The van der Waals surface area contributed by atoms with Crippen LogP contribution in [0.2, 0.25) is 0 Å². The van der Waals surface area contributed by atoms with Gasteiger partial charge in [-0.1, -0.05) is 24.3 Å². The van der Waals surface area contributed by atoms with Gasteiger partial charge in [0, 0.05) is 14.1 Å². The third kappa shape index (κ3) is 5.00. The van der Waals surface area contributed by atoms with Crippen LogP contribution in [-0.4, -0.2) is 39.8 Å². The molecule has 0 saturated carbocycles. The number of aryl methyl sites for hydroxylation is 3. The summed E-state index contributed by atoms with van der Waals surface area (Å²) in [7, 11) is 3.40. The van der Waals surface area contributed by atoms with Gasteiger partial charge >= 0.3 is 5.69 Å². The minimum absolute atomic E-state index is 0.117. The molecule has 2 N–H and O–H groups in total. The van der Waals surface area contributed by atoms with Gasteiger partial charge in [-0.3, -0.25) is 18.7 Å². The molecular weight excluding hydrogens is 398 g/mol. The van der Waals surface area contributed by atoms with Crippen molar-refractivity contribution >= 4 is 29.1 Å². The van der Waals surface area contributed by atoms with Gasteiger partial charge in [-0.15, -0.1) is 0 Å². The summed E-state index contributed by atoms with van der Waals surface area (Å²) in [6, 6.07) is 12.0. The standard InChI is InChI=1S/C22H25N5O4/c1-14-7-5-6-8-19(14)31-13-20(28)24-15(2)21(29)25-23-12-16-9-10-17-18(11-16)27(4)22(30)26(17)3/h5-12,15H,13H2,1-4H3,(H,24,28)(H,25,29)/b23-12+/t15-/m1/s1. The van der Waals surface area contributed by atoms with Gasteiger partial charge in [0.1, 0.15) is 11.8 Å². The van der Waals surface area contributed by atoms with Crippen molar-refractivity contribution in [3.63, 3.8) is 0 Å². The second kappa shape index (κ2) is 9.29. The van der Waals surface area contributed by atoms with Crippen molar-refractivity contribution < 1.29 is 14.3 Å². The lowest BCUT2D eigenvalue weighted by molar-refractivity contribution is -0.129. The number of benzene rings is 2. The summed E-state index contributed by atoms with van der Waals surface area (Å²) in [6.45, 7) is 3.25. The Labute approximate surface area is 179 Å². The summed E-state index contributed by atoms with van der Waals surface area (Å²) in [5.41, 5.74) is 5.49. The lowest BCUT2D eigenvalue weighted by atomic mass is 10.2. The lowest BCUT2D eigenvalue weighted by Gasteiger charge is -2.13. The van der Waals surface area contributed by atoms with Crippen LogP contribution in [0, 0.1) is 6.92 Å². The first-order chi connectivity index (χ1) is 14.8. The van der Waals surface area contributed by atoms with E-state index in [4.69, 9.17) is 4.74 Å². The van der Waals surface area contributed by atoms with Gasteiger partial charge < -0.3 is 10.1 Å². The van der Waals surface area contributed by atoms with E-state index in [0.717, 1.165) is 22.2 Å². The van der Waals surface area contributed by atoms with Crippen molar-refractivity contribution in [1.29, 1.82) is 0 Å². The van der Waals surface area contributed by atoms with E-state index in [1.54, 1.807) is 48.4 Å². The second-order valence-electron chi connectivity index (χ2n) is 7.23. The van der Waals surface area contributed by atoms with Gasteiger partial charge in [0.2, 0.25) is 0 Å². The van der Waals surface area contributed by atoms with Crippen LogP contribution in [-0.2, 0) is 23.7 Å². The summed E-state index contributed by atoms with van der Waals surface area (Å²) >= 11 is 0. The molecule has 0 unspecified atom stereocenters. The number of ether oxygens (including phenoxy) is 1. The first-order valence-electron chi connectivity index (χ1n) is 9.74. The Kier molecular flexibility index (Phi) is 6.54. The van der Waals surface area contributed by atoms with Crippen LogP contribution < -0.4 is 21.2 Å². The third-order valence-electron chi connectivity index (χ3n) is 4.91. The fraction of sp³-hybridized carbons (Fsp3) is 0.273. The predicted molar refractivity (Wildman–Crippen MR) is 118 cm³/mol. The summed E-state index contributed by atoms with van der Waals surface area (Å²) < 4.78 is 8.58. The molecule has 9 nitrogen and oxygen atoms in total. The van der Waals surface area contributed by atoms with Crippen molar-refractivity contribution in [2.45, 2.75) is 19.9 Å². The smallest absolute Gasteiger partial charge is 0.328 e. The Hall–Kier alpha value is -3.88. The van der Waals surface area contributed by atoms with E-state index < -0.39 is 17.9 Å².